The molecule has 0 aromatic carbocycles. The normalized spacial score (nSPS) is 31.2. The number of nitrogens with one attached hydrogen (secondary N) is 1. The molecule has 0 spiro atoms. The van der Waals surface area contributed by atoms with Gasteiger partial charge in [0.25, 0.3) is 0 Å². The summed E-state index contributed by atoms with van der Waals surface area (Å²) in [6, 6.07) is -1.60. The molecule has 32 heavy (non-hydrogen) atoms. The van der Waals surface area contributed by atoms with E-state index in [9.17, 15) is 24.3 Å². The Balaban J connectivity index is 1.74. The lowest BCUT2D eigenvalue weighted by Gasteiger charge is -2.47. The molecule has 178 valence electrons. The first kappa shape index (κ1) is 24.7. The van der Waals surface area contributed by atoms with E-state index in [2.05, 4.69) is 5.32 Å². The molecule has 2 saturated heterocycles. The zero-order valence-corrected chi connectivity index (χ0v) is 19.6. The van der Waals surface area contributed by atoms with Crippen LogP contribution in [0, 0.1) is 17.8 Å². The van der Waals surface area contributed by atoms with E-state index in [1.54, 1.807) is 21.0 Å². The van der Waals surface area contributed by atoms with Gasteiger partial charge in [0, 0.05) is 43.1 Å². The van der Waals surface area contributed by atoms with Crippen LogP contribution in [-0.2, 0) is 19.2 Å². The Kier molecular flexibility index (Phi) is 7.33. The lowest BCUT2D eigenvalue weighted by molar-refractivity contribution is -0.160. The van der Waals surface area contributed by atoms with Crippen LogP contribution in [0.25, 0.3) is 0 Å². The van der Waals surface area contributed by atoms with Gasteiger partial charge in [0.1, 0.15) is 5.70 Å². The number of β-lactam (4-membered cyclic amide) rings is 1. The van der Waals surface area contributed by atoms with E-state index >= 15 is 0 Å². The summed E-state index contributed by atoms with van der Waals surface area (Å²) in [6.45, 7) is 3.82. The monoisotopic (exact) mass is 468 g/mol. The summed E-state index contributed by atoms with van der Waals surface area (Å²) in [7, 11) is 3.40. The Morgan fingerprint density at radius 1 is 1.34 bits per heavy atom. The minimum Gasteiger partial charge on any atom is -0.477 e. The predicted octanol–water partition coefficient (Wildman–Crippen LogP) is -0.774. The van der Waals surface area contributed by atoms with Crippen molar-refractivity contribution < 1.29 is 29.4 Å². The third kappa shape index (κ3) is 4.30. The number of amides is 2. The maximum Gasteiger partial charge on any atom is 0.353 e. The molecule has 3 aliphatic rings. The van der Waals surface area contributed by atoms with Crippen molar-refractivity contribution in [1.82, 2.24) is 15.1 Å². The molecule has 10 nitrogen and oxygen atoms in total. The number of fused-ring (bicyclic) bond motifs is 1. The van der Waals surface area contributed by atoms with Crippen molar-refractivity contribution in [2.45, 2.75) is 50.1 Å². The Hall–Kier alpha value is -1.95. The van der Waals surface area contributed by atoms with Crippen molar-refractivity contribution in [1.29, 1.82) is 0 Å². The molecule has 0 aromatic rings. The van der Waals surface area contributed by atoms with Crippen molar-refractivity contribution in [2.75, 3.05) is 27.2 Å². The Morgan fingerprint density at radius 2 is 2.00 bits per heavy atom. The molecule has 3 heterocycles. The number of aliphatic hydroxyl groups excluding tert-OH is 1. The lowest BCUT2D eigenvalue weighted by atomic mass is 9.73. The number of hydrogen-bond donors (Lipinski definition) is 4. The van der Waals surface area contributed by atoms with Crippen molar-refractivity contribution in [3.8, 4) is 0 Å². The van der Waals surface area contributed by atoms with Gasteiger partial charge in [0.15, 0.2) is 5.78 Å². The van der Waals surface area contributed by atoms with Gasteiger partial charge in [-0.15, -0.1) is 11.8 Å². The molecular weight excluding hydrogens is 436 g/mol. The van der Waals surface area contributed by atoms with E-state index in [0.717, 1.165) is 0 Å². The molecule has 2 amide bonds. The number of Topliss-reactive ketones (excluding diaryl/α,β-unsaturated/α-hetero) is 1. The van der Waals surface area contributed by atoms with Gasteiger partial charge in [-0.3, -0.25) is 14.4 Å². The van der Waals surface area contributed by atoms with Crippen molar-refractivity contribution in [2.24, 2.45) is 23.5 Å². The third-order valence-corrected chi connectivity index (χ3v) is 8.17. The summed E-state index contributed by atoms with van der Waals surface area (Å²) >= 11 is 1.43. The van der Waals surface area contributed by atoms with E-state index < -0.39 is 24.5 Å². The maximum absolute atomic E-state index is 12.9. The number of carboxylic acid groups (broad SMARTS) is 1. The first-order valence-corrected chi connectivity index (χ1v) is 11.7. The highest BCUT2D eigenvalue weighted by molar-refractivity contribution is 8.03. The molecule has 0 unspecified atom stereocenters. The molecule has 0 radical (unpaired) electrons. The van der Waals surface area contributed by atoms with Gasteiger partial charge < -0.3 is 31.1 Å². The number of carboxylic acids is 1. The van der Waals surface area contributed by atoms with Gasteiger partial charge in [0.05, 0.1) is 30.7 Å². The smallest absolute Gasteiger partial charge is 0.353 e. The van der Waals surface area contributed by atoms with E-state index in [1.807, 2.05) is 6.92 Å². The second-order valence-corrected chi connectivity index (χ2v) is 10.5. The Bertz CT molecular complexity index is 846. The third-order valence-electron chi connectivity index (χ3n) is 6.66. The topological polar surface area (TPSA) is 153 Å². The molecule has 0 aliphatic carbocycles. The summed E-state index contributed by atoms with van der Waals surface area (Å²) in [5.74, 6) is -2.75. The summed E-state index contributed by atoms with van der Waals surface area (Å²) in [4.78, 5) is 52.9. The van der Waals surface area contributed by atoms with E-state index in [1.165, 1.54) is 21.6 Å². The fourth-order valence-corrected chi connectivity index (χ4v) is 6.42. The predicted molar refractivity (Wildman–Crippen MR) is 118 cm³/mol. The second-order valence-electron chi connectivity index (χ2n) is 9.14. The van der Waals surface area contributed by atoms with Gasteiger partial charge in [-0.25, -0.2) is 4.79 Å². The number of rotatable bonds is 9. The summed E-state index contributed by atoms with van der Waals surface area (Å²) in [5.41, 5.74) is 5.62. The number of hydrogen-bond acceptors (Lipinski definition) is 8. The van der Waals surface area contributed by atoms with Gasteiger partial charge >= 0.3 is 5.97 Å². The number of ketones is 1. The van der Waals surface area contributed by atoms with Crippen LogP contribution in [0.4, 0.5) is 0 Å². The van der Waals surface area contributed by atoms with E-state index in [0.29, 0.717) is 17.9 Å². The largest absolute Gasteiger partial charge is 0.477 e. The van der Waals surface area contributed by atoms with Crippen molar-refractivity contribution in [3.63, 3.8) is 0 Å². The number of aliphatic hydroxyl groups is 1. The van der Waals surface area contributed by atoms with Crippen LogP contribution < -0.4 is 11.1 Å². The molecular formula is C21H32N4O6S. The van der Waals surface area contributed by atoms with Crippen LogP contribution in [0.1, 0.15) is 26.7 Å². The minimum atomic E-state index is -1.15. The molecule has 0 saturated carbocycles. The van der Waals surface area contributed by atoms with Crippen LogP contribution >= 0.6 is 11.8 Å². The number of carbonyl (C=O) groups excluding carboxylic acids is 3. The molecule has 7 atom stereocenters. The van der Waals surface area contributed by atoms with Crippen molar-refractivity contribution >= 4 is 35.3 Å². The molecule has 3 aliphatic heterocycles. The molecule has 5 N–H and O–H groups in total. The van der Waals surface area contributed by atoms with Gasteiger partial charge in [0.2, 0.25) is 11.8 Å². The fraction of sp³-hybridized carbons (Fsp3) is 0.714. The highest BCUT2D eigenvalue weighted by Gasteiger charge is 2.60. The second kappa shape index (κ2) is 9.50. The highest BCUT2D eigenvalue weighted by atomic mass is 32.2. The van der Waals surface area contributed by atoms with Crippen LogP contribution in [0.2, 0.25) is 0 Å². The van der Waals surface area contributed by atoms with Crippen LogP contribution in [0.5, 0.6) is 0 Å². The first-order chi connectivity index (χ1) is 15.0. The van der Waals surface area contributed by atoms with E-state index in [4.69, 9.17) is 10.8 Å². The van der Waals surface area contributed by atoms with Gasteiger partial charge in [-0.05, 0) is 12.3 Å². The lowest BCUT2D eigenvalue weighted by Crippen LogP contribution is -2.62. The number of carbonyl (C=O) groups is 4. The minimum absolute atomic E-state index is 0.0151. The van der Waals surface area contributed by atoms with Gasteiger partial charge in [-0.1, -0.05) is 13.8 Å². The number of nitrogens with two attached hydrogens (primary N) is 1. The van der Waals surface area contributed by atoms with Crippen LogP contribution in [0.15, 0.2) is 10.6 Å². The first-order valence-electron chi connectivity index (χ1n) is 10.8. The van der Waals surface area contributed by atoms with E-state index in [-0.39, 0.29) is 58.9 Å². The van der Waals surface area contributed by atoms with Crippen LogP contribution in [-0.4, -0.2) is 94.2 Å². The average Bonchev–Trinajstić information content (AvgIpc) is 3.28. The number of likely N-dealkylation sites (N-methyl/N-ethyl adjacent to an activating group) is 1. The van der Waals surface area contributed by atoms with Crippen molar-refractivity contribution in [3.05, 3.63) is 10.6 Å². The number of aliphatic carboxylic acids is 1. The molecule has 11 heteroatoms. The maximum atomic E-state index is 12.9. The zero-order chi connectivity index (χ0) is 23.9. The fourth-order valence-electron chi connectivity index (χ4n) is 4.94. The molecule has 2 fully saturated rings. The summed E-state index contributed by atoms with van der Waals surface area (Å²) in [6.07, 6.45) is 0.637. The molecule has 0 bridgehead atoms. The number of nitrogens with zero attached hydrogens (tertiary/aromatic N) is 2. The zero-order valence-electron chi connectivity index (χ0n) is 18.8. The summed E-state index contributed by atoms with van der Waals surface area (Å²) in [5, 5.41) is 22.2. The van der Waals surface area contributed by atoms with Gasteiger partial charge in [-0.2, -0.15) is 0 Å². The Morgan fingerprint density at radius 3 is 2.56 bits per heavy atom. The van der Waals surface area contributed by atoms with Crippen LogP contribution in [0.3, 0.4) is 0 Å². The summed E-state index contributed by atoms with van der Waals surface area (Å²) < 4.78 is 0. The average molecular weight is 469 g/mol. The molecule has 3 rings (SSSR count). The standard InChI is InChI=1S/C21H32N4O6S/c1-9(5-14(27)12(22)8-26)15-16-10(2)18(17(21(30)31)25(16)20(15)29)32-11-6-13(23-7-11)19(28)24(3)4/h9-13,15-16,23,26H,5-8,22H2,1-4H3,(H,30,31)/t9-,10+,11-,12+,13-,15+,16+/m0/s1. The molecule has 0 aromatic heterocycles. The quantitative estimate of drug-likeness (QED) is 0.319. The number of thioether (sulfide) groups is 1. The highest BCUT2D eigenvalue weighted by Crippen LogP contribution is 2.53. The SMILES string of the molecule is C[C@@H](CC(=O)[C@H](N)CO)[C@H]1C(=O)N2C(C(=O)O)=C(S[C@@H]3CN[C@H](C(=O)N(C)C)C3)[C@H](C)[C@H]12. The Labute approximate surface area is 191 Å².